The Morgan fingerprint density at radius 1 is 1.30 bits per heavy atom. The summed E-state index contributed by atoms with van der Waals surface area (Å²) in [6, 6.07) is 5.65. The van der Waals surface area contributed by atoms with E-state index < -0.39 is 0 Å². The molecule has 0 aliphatic carbocycles. The van der Waals surface area contributed by atoms with Crippen LogP contribution in [-0.2, 0) is 11.2 Å². The topological polar surface area (TPSA) is 74.8 Å². The highest BCUT2D eigenvalue weighted by Gasteiger charge is 2.10. The average molecular weight is 311 g/mol. The van der Waals surface area contributed by atoms with Crippen LogP contribution in [0.2, 0.25) is 0 Å². The molecular formula is C18H21N3O2. The monoisotopic (exact) mass is 311 g/mol. The molecule has 0 aromatic carbocycles. The minimum absolute atomic E-state index is 0.0663. The number of aromatic nitrogens is 2. The first kappa shape index (κ1) is 16.7. The van der Waals surface area contributed by atoms with Gasteiger partial charge in [-0.05, 0) is 50.1 Å². The van der Waals surface area contributed by atoms with Gasteiger partial charge < -0.3 is 10.3 Å². The zero-order chi connectivity index (χ0) is 16.8. The van der Waals surface area contributed by atoms with E-state index in [0.717, 1.165) is 29.7 Å². The number of carbonyl (C=O) groups is 1. The Morgan fingerprint density at radius 2 is 2.00 bits per heavy atom. The Balaban J connectivity index is 2.50. The van der Waals surface area contributed by atoms with Crippen molar-refractivity contribution in [3.63, 3.8) is 0 Å². The van der Waals surface area contributed by atoms with Gasteiger partial charge in [-0.2, -0.15) is 0 Å². The van der Waals surface area contributed by atoms with E-state index in [9.17, 15) is 9.59 Å². The van der Waals surface area contributed by atoms with Crippen LogP contribution in [0.1, 0.15) is 32.9 Å². The van der Waals surface area contributed by atoms with Crippen LogP contribution in [0.4, 0.5) is 5.69 Å². The Morgan fingerprint density at radius 3 is 2.61 bits per heavy atom. The van der Waals surface area contributed by atoms with Gasteiger partial charge in [0.15, 0.2) is 5.78 Å². The summed E-state index contributed by atoms with van der Waals surface area (Å²) < 4.78 is 0. The van der Waals surface area contributed by atoms with Gasteiger partial charge in [0, 0.05) is 29.3 Å². The second-order valence-electron chi connectivity index (χ2n) is 5.45. The minimum atomic E-state index is -0.192. The fourth-order valence-electron chi connectivity index (χ4n) is 2.45. The van der Waals surface area contributed by atoms with Crippen LogP contribution in [0.25, 0.3) is 11.1 Å². The molecular weight excluding hydrogens is 290 g/mol. The highest BCUT2D eigenvalue weighted by atomic mass is 16.1. The average Bonchev–Trinajstić information content (AvgIpc) is 2.50. The number of H-pyrrole nitrogens is 1. The number of nitrogens with zero attached hydrogens (tertiary/aromatic N) is 1. The van der Waals surface area contributed by atoms with Gasteiger partial charge in [-0.3, -0.25) is 14.6 Å². The van der Waals surface area contributed by atoms with Gasteiger partial charge in [-0.1, -0.05) is 13.3 Å². The number of carbonyl (C=O) groups excluding carboxylic acids is 1. The number of hydrogen-bond acceptors (Lipinski definition) is 4. The van der Waals surface area contributed by atoms with Crippen molar-refractivity contribution < 1.29 is 4.79 Å². The third-order valence-electron chi connectivity index (χ3n) is 3.37. The predicted molar refractivity (Wildman–Crippen MR) is 92.3 cm³/mol. The molecule has 23 heavy (non-hydrogen) atoms. The van der Waals surface area contributed by atoms with Crippen molar-refractivity contribution >= 4 is 11.5 Å². The van der Waals surface area contributed by atoms with E-state index in [2.05, 4.69) is 22.2 Å². The molecule has 0 radical (unpaired) electrons. The second kappa shape index (κ2) is 7.54. The van der Waals surface area contributed by atoms with Gasteiger partial charge in [0.2, 0.25) is 0 Å². The van der Waals surface area contributed by atoms with Crippen molar-refractivity contribution in [2.75, 3.05) is 5.32 Å². The number of pyridine rings is 2. The molecule has 2 N–H and O–H groups in total. The van der Waals surface area contributed by atoms with E-state index in [1.807, 2.05) is 18.2 Å². The summed E-state index contributed by atoms with van der Waals surface area (Å²) in [5.74, 6) is -0.0663. The molecule has 0 saturated carbocycles. The predicted octanol–water partition coefficient (Wildman–Crippen LogP) is 3.29. The standard InChI is InChI=1S/C18H21N3O2/c1-4-5-16-15(14-6-8-19-9-7-14)11-17(18(23)21-16)20-12(2)10-13(3)22/h6-11,20H,4-5H2,1-3H3,(H,21,23)/b12-10+. The first-order valence-electron chi connectivity index (χ1n) is 7.63. The van der Waals surface area contributed by atoms with Crippen molar-refractivity contribution in [3.8, 4) is 11.1 Å². The lowest BCUT2D eigenvalue weighted by atomic mass is 10.0. The number of aromatic amines is 1. The third kappa shape index (κ3) is 4.39. The molecule has 2 aromatic rings. The van der Waals surface area contributed by atoms with Gasteiger partial charge in [0.05, 0.1) is 0 Å². The van der Waals surface area contributed by atoms with Gasteiger partial charge in [-0.15, -0.1) is 0 Å². The van der Waals surface area contributed by atoms with Crippen LogP contribution in [0.3, 0.4) is 0 Å². The molecule has 2 heterocycles. The molecule has 0 aliphatic heterocycles. The lowest BCUT2D eigenvalue weighted by Gasteiger charge is -2.12. The quantitative estimate of drug-likeness (QED) is 0.803. The van der Waals surface area contributed by atoms with E-state index >= 15 is 0 Å². The van der Waals surface area contributed by atoms with E-state index in [-0.39, 0.29) is 11.3 Å². The molecule has 5 heteroatoms. The van der Waals surface area contributed by atoms with Crippen molar-refractivity contribution in [3.05, 3.63) is 58.4 Å². The molecule has 0 unspecified atom stereocenters. The van der Waals surface area contributed by atoms with Crippen LogP contribution in [0, 0.1) is 0 Å². The molecule has 2 aromatic heterocycles. The van der Waals surface area contributed by atoms with Crippen LogP contribution in [0.5, 0.6) is 0 Å². The van der Waals surface area contributed by atoms with Crippen molar-refractivity contribution in [2.24, 2.45) is 0 Å². The fourth-order valence-corrected chi connectivity index (χ4v) is 2.45. The summed E-state index contributed by atoms with van der Waals surface area (Å²) in [4.78, 5) is 30.4. The number of aryl methyl sites for hydroxylation is 1. The van der Waals surface area contributed by atoms with E-state index in [4.69, 9.17) is 0 Å². The van der Waals surface area contributed by atoms with Crippen molar-refractivity contribution in [1.29, 1.82) is 0 Å². The van der Waals surface area contributed by atoms with E-state index in [1.54, 1.807) is 19.3 Å². The van der Waals surface area contributed by atoms with Crippen LogP contribution in [0.15, 0.2) is 47.2 Å². The molecule has 120 valence electrons. The molecule has 0 atom stereocenters. The van der Waals surface area contributed by atoms with Gasteiger partial charge in [-0.25, -0.2) is 0 Å². The second-order valence-corrected chi connectivity index (χ2v) is 5.45. The fraction of sp³-hybridized carbons (Fsp3) is 0.278. The maximum atomic E-state index is 12.3. The number of allylic oxidation sites excluding steroid dienone is 2. The number of nitrogens with one attached hydrogen (secondary N) is 2. The molecule has 0 spiro atoms. The Bertz CT molecular complexity index is 777. The normalized spacial score (nSPS) is 11.3. The zero-order valence-electron chi connectivity index (χ0n) is 13.6. The summed E-state index contributed by atoms with van der Waals surface area (Å²) >= 11 is 0. The third-order valence-corrected chi connectivity index (χ3v) is 3.37. The van der Waals surface area contributed by atoms with Crippen LogP contribution < -0.4 is 10.9 Å². The Labute approximate surface area is 135 Å². The molecule has 5 nitrogen and oxygen atoms in total. The summed E-state index contributed by atoms with van der Waals surface area (Å²) in [7, 11) is 0. The first-order chi connectivity index (χ1) is 11.0. The lowest BCUT2D eigenvalue weighted by molar-refractivity contribution is -0.112. The Kier molecular flexibility index (Phi) is 5.46. The van der Waals surface area contributed by atoms with Gasteiger partial charge >= 0.3 is 0 Å². The lowest BCUT2D eigenvalue weighted by Crippen LogP contribution is -2.16. The molecule has 0 saturated heterocycles. The van der Waals surface area contributed by atoms with E-state index in [0.29, 0.717) is 11.4 Å². The van der Waals surface area contributed by atoms with Crippen LogP contribution in [-0.4, -0.2) is 15.8 Å². The highest BCUT2D eigenvalue weighted by Crippen LogP contribution is 2.24. The highest BCUT2D eigenvalue weighted by molar-refractivity contribution is 5.88. The van der Waals surface area contributed by atoms with Gasteiger partial charge in [0.1, 0.15) is 5.69 Å². The van der Waals surface area contributed by atoms with Crippen LogP contribution >= 0.6 is 0 Å². The summed E-state index contributed by atoms with van der Waals surface area (Å²) in [6.07, 6.45) is 6.64. The molecule has 0 amide bonds. The molecule has 0 fully saturated rings. The summed E-state index contributed by atoms with van der Waals surface area (Å²) in [5.41, 5.74) is 3.73. The maximum absolute atomic E-state index is 12.3. The van der Waals surface area contributed by atoms with Crippen molar-refractivity contribution in [1.82, 2.24) is 9.97 Å². The molecule has 0 bridgehead atoms. The van der Waals surface area contributed by atoms with Gasteiger partial charge in [0.25, 0.3) is 5.56 Å². The SMILES string of the molecule is CCCc1[nH]c(=O)c(N/C(C)=C/C(C)=O)cc1-c1ccncc1. The summed E-state index contributed by atoms with van der Waals surface area (Å²) in [6.45, 7) is 5.30. The Hall–Kier alpha value is -2.69. The molecule has 0 aliphatic rings. The zero-order valence-corrected chi connectivity index (χ0v) is 13.6. The number of ketones is 1. The number of hydrogen-bond donors (Lipinski definition) is 2. The number of rotatable bonds is 6. The molecule has 2 rings (SSSR count). The maximum Gasteiger partial charge on any atom is 0.271 e. The first-order valence-corrected chi connectivity index (χ1v) is 7.63. The smallest absolute Gasteiger partial charge is 0.271 e. The minimum Gasteiger partial charge on any atom is -0.355 e. The largest absolute Gasteiger partial charge is 0.355 e. The van der Waals surface area contributed by atoms with Crippen molar-refractivity contribution in [2.45, 2.75) is 33.6 Å². The summed E-state index contributed by atoms with van der Waals surface area (Å²) in [5, 5.41) is 3.00. The number of anilines is 1. The van der Waals surface area contributed by atoms with E-state index in [1.165, 1.54) is 13.0 Å².